The second-order valence-electron chi connectivity index (χ2n) is 5.51. The zero-order valence-electron chi connectivity index (χ0n) is 12.9. The Bertz CT molecular complexity index is 813. The maximum absolute atomic E-state index is 12.5. The van der Waals surface area contributed by atoms with Gasteiger partial charge >= 0.3 is 0 Å². The van der Waals surface area contributed by atoms with E-state index in [0.29, 0.717) is 36.9 Å². The highest BCUT2D eigenvalue weighted by atomic mass is 35.5. The highest BCUT2D eigenvalue weighted by Crippen LogP contribution is 2.28. The van der Waals surface area contributed by atoms with E-state index in [4.69, 9.17) is 11.6 Å². The van der Waals surface area contributed by atoms with Gasteiger partial charge in [0.2, 0.25) is 5.91 Å². The third-order valence-electron chi connectivity index (χ3n) is 3.93. The first-order chi connectivity index (χ1) is 11.5. The Hall–Kier alpha value is -1.41. The Kier molecular flexibility index (Phi) is 5.24. The van der Waals surface area contributed by atoms with Gasteiger partial charge in [-0.3, -0.25) is 4.79 Å². The topological polar surface area (TPSA) is 57.7 Å². The summed E-state index contributed by atoms with van der Waals surface area (Å²) in [6.07, 6.45) is 0.341. The molecule has 5 nitrogen and oxygen atoms in total. The van der Waals surface area contributed by atoms with Crippen LogP contribution in [-0.4, -0.2) is 49.7 Å². The van der Waals surface area contributed by atoms with Gasteiger partial charge in [-0.05, 0) is 17.7 Å². The Morgan fingerprint density at radius 3 is 2.29 bits per heavy atom. The molecule has 8 heteroatoms. The zero-order chi connectivity index (χ0) is 17.2. The SMILES string of the molecule is O=C(Cc1ccccc1)N1CCN(S(=O)(=O)c2ccc(Cl)s2)CC1. The second-order valence-corrected chi connectivity index (χ2v) is 9.39. The van der Waals surface area contributed by atoms with Crippen molar-refractivity contribution in [1.29, 1.82) is 0 Å². The van der Waals surface area contributed by atoms with Crippen LogP contribution in [0.5, 0.6) is 0 Å². The fraction of sp³-hybridized carbons (Fsp3) is 0.312. The van der Waals surface area contributed by atoms with Crippen LogP contribution in [0.4, 0.5) is 0 Å². The van der Waals surface area contributed by atoms with Gasteiger partial charge in [0, 0.05) is 26.2 Å². The highest BCUT2D eigenvalue weighted by Gasteiger charge is 2.31. The van der Waals surface area contributed by atoms with Crippen LogP contribution >= 0.6 is 22.9 Å². The molecule has 0 N–H and O–H groups in total. The second kappa shape index (κ2) is 7.23. The van der Waals surface area contributed by atoms with Gasteiger partial charge in [-0.25, -0.2) is 8.42 Å². The number of rotatable bonds is 4. The lowest BCUT2D eigenvalue weighted by Gasteiger charge is -2.33. The predicted octanol–water partition coefficient (Wildman–Crippen LogP) is 2.48. The van der Waals surface area contributed by atoms with Gasteiger partial charge in [0.1, 0.15) is 4.21 Å². The number of carbonyl (C=O) groups is 1. The summed E-state index contributed by atoms with van der Waals surface area (Å²) in [5.74, 6) is 0.0254. The largest absolute Gasteiger partial charge is 0.340 e. The molecule has 1 saturated heterocycles. The monoisotopic (exact) mass is 384 g/mol. The van der Waals surface area contributed by atoms with E-state index in [9.17, 15) is 13.2 Å². The fourth-order valence-corrected chi connectivity index (χ4v) is 5.68. The van der Waals surface area contributed by atoms with Crippen molar-refractivity contribution in [2.45, 2.75) is 10.6 Å². The molecule has 1 aliphatic heterocycles. The molecule has 128 valence electrons. The summed E-state index contributed by atoms with van der Waals surface area (Å²) in [6, 6.07) is 12.7. The Morgan fingerprint density at radius 1 is 1.04 bits per heavy atom. The van der Waals surface area contributed by atoms with E-state index in [1.54, 1.807) is 11.0 Å². The predicted molar refractivity (Wildman–Crippen MR) is 94.8 cm³/mol. The van der Waals surface area contributed by atoms with Crippen LogP contribution in [0.25, 0.3) is 0 Å². The molecule has 0 spiro atoms. The van der Waals surface area contributed by atoms with Crippen molar-refractivity contribution >= 4 is 38.9 Å². The fourth-order valence-electron chi connectivity index (χ4n) is 2.62. The van der Waals surface area contributed by atoms with E-state index >= 15 is 0 Å². The van der Waals surface area contributed by atoms with Crippen molar-refractivity contribution < 1.29 is 13.2 Å². The smallest absolute Gasteiger partial charge is 0.252 e. The van der Waals surface area contributed by atoms with Crippen molar-refractivity contribution in [3.05, 3.63) is 52.4 Å². The van der Waals surface area contributed by atoms with Gasteiger partial charge in [0.05, 0.1) is 10.8 Å². The van der Waals surface area contributed by atoms with Gasteiger partial charge in [-0.1, -0.05) is 41.9 Å². The molecule has 1 aromatic carbocycles. The molecule has 2 aromatic rings. The molecule has 1 amide bonds. The molecule has 24 heavy (non-hydrogen) atoms. The summed E-state index contributed by atoms with van der Waals surface area (Å²) in [6.45, 7) is 1.42. The van der Waals surface area contributed by atoms with Gasteiger partial charge < -0.3 is 4.90 Å². The van der Waals surface area contributed by atoms with Crippen molar-refractivity contribution in [3.8, 4) is 0 Å². The number of amides is 1. The summed E-state index contributed by atoms with van der Waals surface area (Å²) in [4.78, 5) is 14.1. The van der Waals surface area contributed by atoms with Crippen molar-refractivity contribution in [3.63, 3.8) is 0 Å². The standard InChI is InChI=1S/C16H17ClN2O3S2/c17-14-6-7-16(23-14)24(21,22)19-10-8-18(9-11-19)15(20)12-13-4-2-1-3-5-13/h1-7H,8-12H2. The molecule has 3 rings (SSSR count). The van der Waals surface area contributed by atoms with Crippen LogP contribution in [0, 0.1) is 0 Å². The van der Waals surface area contributed by atoms with Gasteiger partial charge in [0.15, 0.2) is 0 Å². The van der Waals surface area contributed by atoms with Crippen LogP contribution in [0.2, 0.25) is 4.34 Å². The molecule has 0 radical (unpaired) electrons. The molecule has 1 aromatic heterocycles. The molecule has 0 bridgehead atoms. The van der Waals surface area contributed by atoms with Crippen LogP contribution < -0.4 is 0 Å². The number of thiophene rings is 1. The summed E-state index contributed by atoms with van der Waals surface area (Å²) in [7, 11) is -3.52. The Morgan fingerprint density at radius 2 is 1.71 bits per heavy atom. The molecule has 1 fully saturated rings. The summed E-state index contributed by atoms with van der Waals surface area (Å²) in [5, 5.41) is 0. The van der Waals surface area contributed by atoms with Crippen LogP contribution in [0.3, 0.4) is 0 Å². The minimum atomic E-state index is -3.52. The maximum atomic E-state index is 12.5. The average Bonchev–Trinajstić information content (AvgIpc) is 3.03. The number of carbonyl (C=O) groups excluding carboxylic acids is 1. The minimum absolute atomic E-state index is 0.0254. The third kappa shape index (κ3) is 3.80. The number of nitrogens with zero attached hydrogens (tertiary/aromatic N) is 2. The number of sulfonamides is 1. The van der Waals surface area contributed by atoms with E-state index in [0.717, 1.165) is 16.9 Å². The van der Waals surface area contributed by atoms with E-state index in [2.05, 4.69) is 0 Å². The first kappa shape index (κ1) is 17.4. The number of halogens is 1. The number of hydrogen-bond donors (Lipinski definition) is 0. The molecule has 0 aliphatic carbocycles. The lowest BCUT2D eigenvalue weighted by Crippen LogP contribution is -2.50. The normalized spacial score (nSPS) is 16.3. The van der Waals surface area contributed by atoms with Crippen LogP contribution in [0.15, 0.2) is 46.7 Å². The van der Waals surface area contributed by atoms with Crippen molar-refractivity contribution in [2.24, 2.45) is 0 Å². The summed E-state index contributed by atoms with van der Waals surface area (Å²) in [5.41, 5.74) is 0.964. The number of benzene rings is 1. The third-order valence-corrected chi connectivity index (χ3v) is 7.53. The minimum Gasteiger partial charge on any atom is -0.340 e. The zero-order valence-corrected chi connectivity index (χ0v) is 15.3. The van der Waals surface area contributed by atoms with Crippen molar-refractivity contribution in [2.75, 3.05) is 26.2 Å². The maximum Gasteiger partial charge on any atom is 0.252 e. The van der Waals surface area contributed by atoms with Crippen LogP contribution in [0.1, 0.15) is 5.56 Å². The highest BCUT2D eigenvalue weighted by molar-refractivity contribution is 7.91. The lowest BCUT2D eigenvalue weighted by atomic mass is 10.1. The summed E-state index contributed by atoms with van der Waals surface area (Å²) >= 11 is 6.88. The Balaban J connectivity index is 1.60. The first-order valence-corrected chi connectivity index (χ1v) is 10.2. The molecule has 0 atom stereocenters. The Labute approximate surface area is 150 Å². The van der Waals surface area contributed by atoms with E-state index in [-0.39, 0.29) is 10.1 Å². The number of hydrogen-bond acceptors (Lipinski definition) is 4. The molecular formula is C16H17ClN2O3S2. The van der Waals surface area contributed by atoms with Gasteiger partial charge in [0.25, 0.3) is 10.0 Å². The molecule has 1 aliphatic rings. The van der Waals surface area contributed by atoms with Gasteiger partial charge in [-0.15, -0.1) is 11.3 Å². The number of piperazine rings is 1. The van der Waals surface area contributed by atoms with E-state index in [1.165, 1.54) is 10.4 Å². The molecular weight excluding hydrogens is 368 g/mol. The van der Waals surface area contributed by atoms with E-state index in [1.807, 2.05) is 30.3 Å². The van der Waals surface area contributed by atoms with Gasteiger partial charge in [-0.2, -0.15) is 4.31 Å². The first-order valence-electron chi connectivity index (χ1n) is 7.54. The average molecular weight is 385 g/mol. The lowest BCUT2D eigenvalue weighted by molar-refractivity contribution is -0.131. The quantitative estimate of drug-likeness (QED) is 0.813. The van der Waals surface area contributed by atoms with Crippen LogP contribution in [-0.2, 0) is 21.2 Å². The molecule has 0 saturated carbocycles. The van der Waals surface area contributed by atoms with Crippen molar-refractivity contribution in [1.82, 2.24) is 9.21 Å². The van der Waals surface area contributed by atoms with E-state index < -0.39 is 10.0 Å². The summed E-state index contributed by atoms with van der Waals surface area (Å²) < 4.78 is 27.2. The molecule has 2 heterocycles. The molecule has 0 unspecified atom stereocenters.